The fourth-order valence-electron chi connectivity index (χ4n) is 2.54. The Morgan fingerprint density at radius 3 is 3.27 bits per heavy atom. The predicted octanol–water partition coefficient (Wildman–Crippen LogP) is 2.55. The van der Waals surface area contributed by atoms with Crippen LogP contribution < -0.4 is 4.90 Å². The summed E-state index contributed by atoms with van der Waals surface area (Å²) in [7, 11) is 0. The van der Waals surface area contributed by atoms with Crippen molar-refractivity contribution in [1.29, 1.82) is 0 Å². The minimum atomic E-state index is 0.418. The summed E-state index contributed by atoms with van der Waals surface area (Å²) in [4.78, 5) is 6.72. The zero-order chi connectivity index (χ0) is 10.3. The number of thiazole rings is 1. The molecule has 1 aromatic heterocycles. The van der Waals surface area contributed by atoms with Gasteiger partial charge in [0.25, 0.3) is 0 Å². The normalized spacial score (nSPS) is 30.6. The second kappa shape index (κ2) is 3.92. The molecule has 0 N–H and O–H groups in total. The molecular weight excluding hydrogens is 232 g/mol. The summed E-state index contributed by atoms with van der Waals surface area (Å²) in [5.41, 5.74) is 0. The van der Waals surface area contributed by atoms with Crippen molar-refractivity contribution in [1.82, 2.24) is 4.98 Å². The quantitative estimate of drug-likeness (QED) is 0.759. The number of ether oxygens (including phenoxy) is 1. The Labute approximate surface area is 98.0 Å². The number of aromatic nitrogens is 1. The van der Waals surface area contributed by atoms with E-state index in [1.165, 1.54) is 19.3 Å². The van der Waals surface area contributed by atoms with Crippen molar-refractivity contribution < 1.29 is 4.74 Å². The van der Waals surface area contributed by atoms with Crippen LogP contribution in [-0.4, -0.2) is 30.3 Å². The summed E-state index contributed by atoms with van der Waals surface area (Å²) in [6, 6.07) is 0.529. The minimum absolute atomic E-state index is 0.418. The van der Waals surface area contributed by atoms with Gasteiger partial charge in [-0.3, -0.25) is 0 Å². The van der Waals surface area contributed by atoms with E-state index in [2.05, 4.69) is 9.88 Å². The third kappa shape index (κ3) is 1.75. The molecule has 2 heterocycles. The number of morpholine rings is 1. The average molecular weight is 245 g/mol. The third-order valence-electron chi connectivity index (χ3n) is 3.19. The maximum atomic E-state index is 5.86. The maximum Gasteiger partial charge on any atom is 0.187 e. The van der Waals surface area contributed by atoms with Crippen molar-refractivity contribution >= 4 is 28.1 Å². The van der Waals surface area contributed by atoms with Crippen LogP contribution in [0.2, 0.25) is 5.15 Å². The van der Waals surface area contributed by atoms with Crippen LogP contribution in [0.5, 0.6) is 0 Å². The number of rotatable bonds is 1. The Balaban J connectivity index is 1.85. The van der Waals surface area contributed by atoms with Gasteiger partial charge in [-0.15, -0.1) is 11.3 Å². The number of halogens is 1. The van der Waals surface area contributed by atoms with Crippen LogP contribution in [0.4, 0.5) is 5.13 Å². The van der Waals surface area contributed by atoms with Gasteiger partial charge in [-0.05, 0) is 19.3 Å². The fraction of sp³-hybridized carbons (Fsp3) is 0.700. The Hall–Kier alpha value is -0.320. The molecule has 2 unspecified atom stereocenters. The van der Waals surface area contributed by atoms with Crippen molar-refractivity contribution in [2.24, 2.45) is 0 Å². The van der Waals surface area contributed by atoms with Crippen molar-refractivity contribution in [3.05, 3.63) is 10.5 Å². The summed E-state index contributed by atoms with van der Waals surface area (Å²) in [5.74, 6) is 0. The first kappa shape index (κ1) is 9.87. The zero-order valence-electron chi connectivity index (χ0n) is 8.36. The highest BCUT2D eigenvalue weighted by Crippen LogP contribution is 2.34. The highest BCUT2D eigenvalue weighted by Gasteiger charge is 2.37. The van der Waals surface area contributed by atoms with E-state index in [0.29, 0.717) is 17.3 Å². The molecular formula is C10H13ClN2OS. The first-order valence-electron chi connectivity index (χ1n) is 5.34. The Bertz CT molecular complexity index is 357. The molecule has 2 aliphatic rings. The second-order valence-electron chi connectivity index (χ2n) is 4.05. The summed E-state index contributed by atoms with van der Waals surface area (Å²) in [5, 5.41) is 3.56. The molecule has 2 atom stereocenters. The molecule has 0 spiro atoms. The topological polar surface area (TPSA) is 25.4 Å². The van der Waals surface area contributed by atoms with E-state index in [0.717, 1.165) is 18.3 Å². The molecule has 1 saturated heterocycles. The van der Waals surface area contributed by atoms with Crippen LogP contribution in [-0.2, 0) is 4.74 Å². The molecule has 1 saturated carbocycles. The molecule has 3 rings (SSSR count). The first-order valence-corrected chi connectivity index (χ1v) is 6.59. The lowest BCUT2D eigenvalue weighted by Crippen LogP contribution is -2.48. The summed E-state index contributed by atoms with van der Waals surface area (Å²) in [6.45, 7) is 1.77. The van der Waals surface area contributed by atoms with Gasteiger partial charge in [0.15, 0.2) is 5.13 Å². The zero-order valence-corrected chi connectivity index (χ0v) is 9.93. The number of hydrogen-bond donors (Lipinski definition) is 0. The van der Waals surface area contributed by atoms with Gasteiger partial charge in [0, 0.05) is 11.9 Å². The van der Waals surface area contributed by atoms with Crippen LogP contribution in [0.3, 0.4) is 0 Å². The van der Waals surface area contributed by atoms with Gasteiger partial charge in [0.1, 0.15) is 5.15 Å². The lowest BCUT2D eigenvalue weighted by molar-refractivity contribution is 0.0256. The molecule has 1 aliphatic heterocycles. The van der Waals surface area contributed by atoms with Gasteiger partial charge >= 0.3 is 0 Å². The predicted molar refractivity (Wildman–Crippen MR) is 61.8 cm³/mol. The van der Waals surface area contributed by atoms with Gasteiger partial charge in [-0.25, -0.2) is 4.98 Å². The van der Waals surface area contributed by atoms with E-state index in [1.54, 1.807) is 11.3 Å². The number of anilines is 1. The standard InChI is InChI=1S/C10H13ClN2OS/c11-9-6-15-10(12-9)13-4-5-14-8-3-1-2-7(8)13/h6-8H,1-5H2. The van der Waals surface area contributed by atoms with E-state index >= 15 is 0 Å². The van der Waals surface area contributed by atoms with Gasteiger partial charge in [0.2, 0.25) is 0 Å². The molecule has 15 heavy (non-hydrogen) atoms. The molecule has 1 aromatic rings. The Morgan fingerprint density at radius 1 is 1.53 bits per heavy atom. The number of nitrogens with zero attached hydrogens (tertiary/aromatic N) is 2. The average Bonchev–Trinajstić information content (AvgIpc) is 2.84. The minimum Gasteiger partial charge on any atom is -0.374 e. The smallest absolute Gasteiger partial charge is 0.187 e. The van der Waals surface area contributed by atoms with Crippen LogP contribution in [0.15, 0.2) is 5.38 Å². The van der Waals surface area contributed by atoms with E-state index in [4.69, 9.17) is 16.3 Å². The van der Waals surface area contributed by atoms with Gasteiger partial charge in [-0.1, -0.05) is 11.6 Å². The molecule has 0 aromatic carbocycles. The molecule has 82 valence electrons. The van der Waals surface area contributed by atoms with E-state index in [1.807, 2.05) is 5.38 Å². The van der Waals surface area contributed by atoms with Crippen molar-refractivity contribution in [2.75, 3.05) is 18.1 Å². The third-order valence-corrected chi connectivity index (χ3v) is 4.39. The van der Waals surface area contributed by atoms with E-state index in [9.17, 15) is 0 Å². The van der Waals surface area contributed by atoms with Crippen LogP contribution in [0.25, 0.3) is 0 Å². The summed E-state index contributed by atoms with van der Waals surface area (Å²) in [6.07, 6.45) is 4.11. The molecule has 0 amide bonds. The SMILES string of the molecule is Clc1csc(N2CCOC3CCCC32)n1. The highest BCUT2D eigenvalue weighted by atomic mass is 35.5. The van der Waals surface area contributed by atoms with Gasteiger partial charge in [-0.2, -0.15) is 0 Å². The lowest BCUT2D eigenvalue weighted by Gasteiger charge is -2.37. The molecule has 0 bridgehead atoms. The molecule has 0 radical (unpaired) electrons. The number of hydrogen-bond acceptors (Lipinski definition) is 4. The van der Waals surface area contributed by atoms with Gasteiger partial charge < -0.3 is 9.64 Å². The molecule has 3 nitrogen and oxygen atoms in total. The first-order chi connectivity index (χ1) is 7.34. The van der Waals surface area contributed by atoms with E-state index in [-0.39, 0.29) is 0 Å². The van der Waals surface area contributed by atoms with Crippen LogP contribution in [0, 0.1) is 0 Å². The summed E-state index contributed by atoms with van der Waals surface area (Å²) >= 11 is 7.50. The fourth-order valence-corrected chi connectivity index (χ4v) is 3.57. The Kier molecular flexibility index (Phi) is 2.58. The van der Waals surface area contributed by atoms with Crippen molar-refractivity contribution in [3.63, 3.8) is 0 Å². The summed E-state index contributed by atoms with van der Waals surface area (Å²) < 4.78 is 5.76. The molecule has 5 heteroatoms. The molecule has 2 fully saturated rings. The monoisotopic (exact) mass is 244 g/mol. The lowest BCUT2D eigenvalue weighted by atomic mass is 10.1. The molecule has 1 aliphatic carbocycles. The van der Waals surface area contributed by atoms with Crippen LogP contribution in [0.1, 0.15) is 19.3 Å². The second-order valence-corrected chi connectivity index (χ2v) is 5.28. The largest absolute Gasteiger partial charge is 0.374 e. The van der Waals surface area contributed by atoms with Crippen LogP contribution >= 0.6 is 22.9 Å². The van der Waals surface area contributed by atoms with E-state index < -0.39 is 0 Å². The van der Waals surface area contributed by atoms with Crippen molar-refractivity contribution in [3.8, 4) is 0 Å². The maximum absolute atomic E-state index is 5.86. The number of fused-ring (bicyclic) bond motifs is 1. The highest BCUT2D eigenvalue weighted by molar-refractivity contribution is 7.14. The van der Waals surface area contributed by atoms with Crippen molar-refractivity contribution in [2.45, 2.75) is 31.4 Å². The Morgan fingerprint density at radius 2 is 2.47 bits per heavy atom. The van der Waals surface area contributed by atoms with Gasteiger partial charge in [0.05, 0.1) is 18.8 Å².